The molecule has 1 fully saturated rings. The van der Waals surface area contributed by atoms with Crippen molar-refractivity contribution in [3.63, 3.8) is 0 Å². The number of anilines is 1. The number of likely N-dealkylation sites (tertiary alicyclic amines) is 1. The first-order chi connectivity index (χ1) is 8.65. The zero-order valence-corrected chi connectivity index (χ0v) is 10.9. The number of halogens is 1. The number of nitrogens with two attached hydrogens (primary N) is 1. The van der Waals surface area contributed by atoms with Crippen molar-refractivity contribution < 1.29 is 4.79 Å². The fraction of sp³-hybridized carbons (Fsp3) is 0.500. The lowest BCUT2D eigenvalue weighted by Crippen LogP contribution is -2.45. The third-order valence-electron chi connectivity index (χ3n) is 2.94. The van der Waals surface area contributed by atoms with Gasteiger partial charge in [-0.1, -0.05) is 11.6 Å². The fourth-order valence-corrected chi connectivity index (χ4v) is 2.27. The molecule has 1 unspecified atom stereocenters. The van der Waals surface area contributed by atoms with Crippen molar-refractivity contribution in [2.24, 2.45) is 5.73 Å². The molecular weight excluding hydrogens is 252 g/mol. The van der Waals surface area contributed by atoms with E-state index >= 15 is 0 Å². The van der Waals surface area contributed by atoms with E-state index < -0.39 is 0 Å². The van der Waals surface area contributed by atoms with E-state index in [0.29, 0.717) is 17.4 Å². The third kappa shape index (κ3) is 3.66. The Bertz CT molecular complexity index is 426. The number of aromatic nitrogens is 1. The SMILES string of the molecule is NC1CCCN(CC(=O)Nc2cccnc2Cl)C1. The lowest BCUT2D eigenvalue weighted by atomic mass is 10.1. The molecule has 2 heterocycles. The normalized spacial score (nSPS) is 20.7. The summed E-state index contributed by atoms with van der Waals surface area (Å²) in [6.07, 6.45) is 3.66. The van der Waals surface area contributed by atoms with Gasteiger partial charge in [-0.2, -0.15) is 0 Å². The molecule has 1 saturated heterocycles. The number of pyridine rings is 1. The summed E-state index contributed by atoms with van der Waals surface area (Å²) in [4.78, 5) is 17.8. The van der Waals surface area contributed by atoms with Gasteiger partial charge in [0.1, 0.15) is 0 Å². The predicted molar refractivity (Wildman–Crippen MR) is 71.5 cm³/mol. The first-order valence-electron chi connectivity index (χ1n) is 6.03. The van der Waals surface area contributed by atoms with Crippen LogP contribution in [0.15, 0.2) is 18.3 Å². The molecule has 0 radical (unpaired) electrons. The van der Waals surface area contributed by atoms with Gasteiger partial charge in [0.05, 0.1) is 12.2 Å². The van der Waals surface area contributed by atoms with Crippen molar-refractivity contribution in [2.45, 2.75) is 18.9 Å². The zero-order valence-electron chi connectivity index (χ0n) is 10.1. The van der Waals surface area contributed by atoms with Crippen molar-refractivity contribution in [2.75, 3.05) is 25.0 Å². The largest absolute Gasteiger partial charge is 0.327 e. The molecule has 5 nitrogen and oxygen atoms in total. The maximum Gasteiger partial charge on any atom is 0.238 e. The lowest BCUT2D eigenvalue weighted by Gasteiger charge is -2.29. The Hall–Kier alpha value is -1.17. The van der Waals surface area contributed by atoms with Crippen LogP contribution in [0.4, 0.5) is 5.69 Å². The molecule has 0 bridgehead atoms. The maximum atomic E-state index is 11.9. The van der Waals surface area contributed by atoms with Gasteiger partial charge in [-0.15, -0.1) is 0 Å². The van der Waals surface area contributed by atoms with E-state index in [1.165, 1.54) is 0 Å². The van der Waals surface area contributed by atoms with Gasteiger partial charge < -0.3 is 11.1 Å². The van der Waals surface area contributed by atoms with E-state index in [1.54, 1.807) is 18.3 Å². The molecule has 1 atom stereocenters. The lowest BCUT2D eigenvalue weighted by molar-refractivity contribution is -0.117. The summed E-state index contributed by atoms with van der Waals surface area (Å²) >= 11 is 5.87. The average molecular weight is 269 g/mol. The van der Waals surface area contributed by atoms with E-state index in [1.807, 2.05) is 0 Å². The van der Waals surface area contributed by atoms with Gasteiger partial charge in [0, 0.05) is 18.8 Å². The van der Waals surface area contributed by atoms with Crippen LogP contribution in [0.1, 0.15) is 12.8 Å². The number of piperidine rings is 1. The first kappa shape index (κ1) is 13.3. The smallest absolute Gasteiger partial charge is 0.238 e. The van der Waals surface area contributed by atoms with E-state index in [0.717, 1.165) is 25.9 Å². The minimum Gasteiger partial charge on any atom is -0.327 e. The molecule has 18 heavy (non-hydrogen) atoms. The summed E-state index contributed by atoms with van der Waals surface area (Å²) in [5, 5.41) is 3.06. The Labute approximate surface area is 111 Å². The van der Waals surface area contributed by atoms with Crippen molar-refractivity contribution in [3.05, 3.63) is 23.5 Å². The molecule has 1 aromatic heterocycles. The number of nitrogens with zero attached hydrogens (tertiary/aromatic N) is 2. The van der Waals surface area contributed by atoms with E-state index in [4.69, 9.17) is 17.3 Å². The summed E-state index contributed by atoms with van der Waals surface area (Å²) < 4.78 is 0. The van der Waals surface area contributed by atoms with Crippen LogP contribution in [0.5, 0.6) is 0 Å². The number of hydrogen-bond donors (Lipinski definition) is 2. The molecule has 0 spiro atoms. The Morgan fingerprint density at radius 1 is 1.67 bits per heavy atom. The highest BCUT2D eigenvalue weighted by atomic mass is 35.5. The van der Waals surface area contributed by atoms with Crippen LogP contribution in [0, 0.1) is 0 Å². The topological polar surface area (TPSA) is 71.2 Å². The highest BCUT2D eigenvalue weighted by Gasteiger charge is 2.19. The Morgan fingerprint density at radius 2 is 2.50 bits per heavy atom. The molecule has 98 valence electrons. The number of nitrogens with one attached hydrogen (secondary N) is 1. The highest BCUT2D eigenvalue weighted by Crippen LogP contribution is 2.17. The molecule has 6 heteroatoms. The minimum atomic E-state index is -0.0843. The summed E-state index contributed by atoms with van der Waals surface area (Å²) in [5.74, 6) is -0.0843. The predicted octanol–water partition coefficient (Wildman–Crippen LogP) is 1.10. The number of rotatable bonds is 3. The highest BCUT2D eigenvalue weighted by molar-refractivity contribution is 6.32. The van der Waals surface area contributed by atoms with Crippen LogP contribution in [0.2, 0.25) is 5.15 Å². The Kier molecular flexibility index (Phi) is 4.52. The molecule has 1 aliphatic heterocycles. The van der Waals surface area contributed by atoms with Crippen molar-refractivity contribution in [3.8, 4) is 0 Å². The van der Waals surface area contributed by atoms with Crippen LogP contribution in [-0.2, 0) is 4.79 Å². The standard InChI is InChI=1S/C12H17ClN4O/c13-12-10(4-1-5-15-12)16-11(18)8-17-6-2-3-9(14)7-17/h1,4-5,9H,2-3,6-8,14H2,(H,16,18). The molecule has 0 aliphatic carbocycles. The molecule has 1 aliphatic rings. The fourth-order valence-electron chi connectivity index (χ4n) is 2.11. The quantitative estimate of drug-likeness (QED) is 0.806. The summed E-state index contributed by atoms with van der Waals surface area (Å²) in [6.45, 7) is 2.04. The van der Waals surface area contributed by atoms with Gasteiger partial charge in [-0.05, 0) is 31.5 Å². The van der Waals surface area contributed by atoms with Gasteiger partial charge in [0.2, 0.25) is 5.91 Å². The van der Waals surface area contributed by atoms with E-state index in [9.17, 15) is 4.79 Å². The molecule has 1 amide bonds. The van der Waals surface area contributed by atoms with Crippen LogP contribution in [0.25, 0.3) is 0 Å². The summed E-state index contributed by atoms with van der Waals surface area (Å²) in [7, 11) is 0. The zero-order chi connectivity index (χ0) is 13.0. The first-order valence-corrected chi connectivity index (χ1v) is 6.41. The number of carbonyl (C=O) groups is 1. The van der Waals surface area contributed by atoms with Crippen LogP contribution < -0.4 is 11.1 Å². The second-order valence-corrected chi connectivity index (χ2v) is 4.89. The molecule has 1 aromatic rings. The third-order valence-corrected chi connectivity index (χ3v) is 3.24. The van der Waals surface area contributed by atoms with Gasteiger partial charge in [-0.25, -0.2) is 4.98 Å². The monoisotopic (exact) mass is 268 g/mol. The van der Waals surface area contributed by atoms with Crippen LogP contribution in [-0.4, -0.2) is 41.5 Å². The summed E-state index contributed by atoms with van der Waals surface area (Å²) in [5.41, 5.74) is 6.42. The number of carbonyl (C=O) groups excluding carboxylic acids is 1. The van der Waals surface area contributed by atoms with Crippen LogP contribution in [0.3, 0.4) is 0 Å². The van der Waals surface area contributed by atoms with Gasteiger partial charge in [0.15, 0.2) is 5.15 Å². The van der Waals surface area contributed by atoms with Gasteiger partial charge >= 0.3 is 0 Å². The van der Waals surface area contributed by atoms with E-state index in [-0.39, 0.29) is 11.9 Å². The average Bonchev–Trinajstić information content (AvgIpc) is 2.32. The molecule has 0 aromatic carbocycles. The van der Waals surface area contributed by atoms with Crippen molar-refractivity contribution >= 4 is 23.2 Å². The van der Waals surface area contributed by atoms with Gasteiger partial charge in [0.25, 0.3) is 0 Å². The Balaban J connectivity index is 1.87. The molecular formula is C12H17ClN4O. The minimum absolute atomic E-state index is 0.0843. The second kappa shape index (κ2) is 6.13. The second-order valence-electron chi connectivity index (χ2n) is 4.53. The summed E-state index contributed by atoms with van der Waals surface area (Å²) in [6, 6.07) is 3.64. The molecule has 2 rings (SSSR count). The molecule has 0 saturated carbocycles. The number of amides is 1. The number of hydrogen-bond acceptors (Lipinski definition) is 4. The molecule has 3 N–H and O–H groups in total. The van der Waals surface area contributed by atoms with E-state index in [2.05, 4.69) is 15.2 Å². The maximum absolute atomic E-state index is 11.9. The van der Waals surface area contributed by atoms with Crippen LogP contribution >= 0.6 is 11.6 Å². The van der Waals surface area contributed by atoms with Crippen molar-refractivity contribution in [1.82, 2.24) is 9.88 Å². The van der Waals surface area contributed by atoms with Crippen molar-refractivity contribution in [1.29, 1.82) is 0 Å². The Morgan fingerprint density at radius 3 is 3.22 bits per heavy atom. The van der Waals surface area contributed by atoms with Gasteiger partial charge in [-0.3, -0.25) is 9.69 Å².